The second-order valence-electron chi connectivity index (χ2n) is 6.24. The van der Waals surface area contributed by atoms with Gasteiger partial charge in [-0.05, 0) is 61.5 Å². The van der Waals surface area contributed by atoms with E-state index in [0.29, 0.717) is 6.04 Å². The summed E-state index contributed by atoms with van der Waals surface area (Å²) in [6.07, 6.45) is 2.32. The molecule has 4 rings (SSSR count). The molecule has 5 nitrogen and oxygen atoms in total. The van der Waals surface area contributed by atoms with Gasteiger partial charge in [-0.15, -0.1) is 33.9 Å². The zero-order valence-corrected chi connectivity index (χ0v) is 15.6. The standard InChI is InChI=1S/C18H20N4OS.ClH/c1-11-9-16(20-12-3-2-7-19-10-12)21-22-17(11)14-4-5-15-13(18(14)23)6-8-24-15;/h4-6,8-9,12,19,23H,2-3,7,10H2,1H3,(H,20,21);1H/t12-;/m1./s1. The average Bonchev–Trinajstić information content (AvgIpc) is 3.07. The highest BCUT2D eigenvalue weighted by Gasteiger charge is 2.16. The molecule has 3 heterocycles. The van der Waals surface area contributed by atoms with Gasteiger partial charge in [0, 0.05) is 28.2 Å². The average molecular weight is 377 g/mol. The number of thiophene rings is 1. The minimum atomic E-state index is 0. The number of hydrogen-bond acceptors (Lipinski definition) is 6. The fraction of sp³-hybridized carbons (Fsp3) is 0.333. The number of piperidine rings is 1. The van der Waals surface area contributed by atoms with E-state index in [1.165, 1.54) is 6.42 Å². The molecule has 0 saturated carbocycles. The summed E-state index contributed by atoms with van der Waals surface area (Å²) < 4.78 is 1.07. The molecular formula is C18H21ClN4OS. The van der Waals surface area contributed by atoms with Gasteiger partial charge in [0.1, 0.15) is 11.6 Å². The molecule has 1 saturated heterocycles. The van der Waals surface area contributed by atoms with E-state index in [1.54, 1.807) is 11.3 Å². The quantitative estimate of drug-likeness (QED) is 0.645. The van der Waals surface area contributed by atoms with Gasteiger partial charge in [0.05, 0.1) is 5.69 Å². The van der Waals surface area contributed by atoms with Crippen molar-refractivity contribution in [1.82, 2.24) is 15.5 Å². The lowest BCUT2D eigenvalue weighted by molar-refractivity contribution is 0.478. The minimum absolute atomic E-state index is 0. The summed E-state index contributed by atoms with van der Waals surface area (Å²) in [6, 6.07) is 8.29. The first-order valence-electron chi connectivity index (χ1n) is 8.23. The topological polar surface area (TPSA) is 70.1 Å². The SMILES string of the molecule is Cc1cc(N[C@@H]2CCCNC2)nnc1-c1ccc2sccc2c1O.Cl. The second kappa shape index (κ2) is 7.56. The van der Waals surface area contributed by atoms with Gasteiger partial charge in [-0.1, -0.05) is 0 Å². The van der Waals surface area contributed by atoms with Crippen molar-refractivity contribution in [3.05, 3.63) is 35.2 Å². The number of aromatic hydroxyl groups is 1. The van der Waals surface area contributed by atoms with Crippen molar-refractivity contribution >= 4 is 39.6 Å². The fourth-order valence-electron chi connectivity index (χ4n) is 3.23. The molecular weight excluding hydrogens is 356 g/mol. The van der Waals surface area contributed by atoms with Gasteiger partial charge in [-0.2, -0.15) is 0 Å². The van der Waals surface area contributed by atoms with E-state index >= 15 is 0 Å². The zero-order chi connectivity index (χ0) is 16.5. The summed E-state index contributed by atoms with van der Waals surface area (Å²) in [7, 11) is 0. The van der Waals surface area contributed by atoms with E-state index < -0.39 is 0 Å². The molecule has 3 N–H and O–H groups in total. The van der Waals surface area contributed by atoms with Gasteiger partial charge >= 0.3 is 0 Å². The summed E-state index contributed by atoms with van der Waals surface area (Å²) in [5.41, 5.74) is 2.46. The van der Waals surface area contributed by atoms with E-state index in [9.17, 15) is 5.11 Å². The van der Waals surface area contributed by atoms with Crippen LogP contribution in [-0.4, -0.2) is 34.4 Å². The minimum Gasteiger partial charge on any atom is -0.507 e. The molecule has 0 unspecified atom stereocenters. The molecule has 0 radical (unpaired) electrons. The highest BCUT2D eigenvalue weighted by molar-refractivity contribution is 7.17. The van der Waals surface area contributed by atoms with Crippen molar-refractivity contribution in [3.8, 4) is 17.0 Å². The van der Waals surface area contributed by atoms with Crippen LogP contribution in [0, 0.1) is 6.92 Å². The first kappa shape index (κ1) is 17.9. The van der Waals surface area contributed by atoms with Crippen molar-refractivity contribution in [2.45, 2.75) is 25.8 Å². The second-order valence-corrected chi connectivity index (χ2v) is 7.19. The van der Waals surface area contributed by atoms with Crippen molar-refractivity contribution in [3.63, 3.8) is 0 Å². The monoisotopic (exact) mass is 376 g/mol. The summed E-state index contributed by atoms with van der Waals surface area (Å²) >= 11 is 1.62. The normalized spacial score (nSPS) is 17.2. The van der Waals surface area contributed by atoms with E-state index in [-0.39, 0.29) is 18.2 Å². The van der Waals surface area contributed by atoms with Gasteiger partial charge in [0.15, 0.2) is 0 Å². The largest absolute Gasteiger partial charge is 0.507 e. The number of anilines is 1. The van der Waals surface area contributed by atoms with Crippen LogP contribution in [0.1, 0.15) is 18.4 Å². The molecule has 0 bridgehead atoms. The number of aryl methyl sites for hydroxylation is 1. The molecule has 132 valence electrons. The molecule has 0 amide bonds. The lowest BCUT2D eigenvalue weighted by atomic mass is 10.0. The van der Waals surface area contributed by atoms with Crippen LogP contribution in [0.25, 0.3) is 21.3 Å². The molecule has 2 aromatic heterocycles. The number of rotatable bonds is 3. The summed E-state index contributed by atoms with van der Waals surface area (Å²) in [5.74, 6) is 1.07. The fourth-order valence-corrected chi connectivity index (χ4v) is 4.01. The molecule has 0 aliphatic carbocycles. The molecule has 1 fully saturated rings. The van der Waals surface area contributed by atoms with Gasteiger partial charge in [-0.3, -0.25) is 0 Å². The van der Waals surface area contributed by atoms with Crippen LogP contribution in [0.2, 0.25) is 0 Å². The number of nitrogens with zero attached hydrogens (tertiary/aromatic N) is 2. The Kier molecular flexibility index (Phi) is 5.42. The lowest BCUT2D eigenvalue weighted by Gasteiger charge is -2.24. The number of hydrogen-bond donors (Lipinski definition) is 3. The number of phenolic OH excluding ortho intramolecular Hbond substituents is 1. The van der Waals surface area contributed by atoms with Crippen molar-refractivity contribution in [2.24, 2.45) is 0 Å². The number of aromatic nitrogens is 2. The molecule has 7 heteroatoms. The van der Waals surface area contributed by atoms with Crippen molar-refractivity contribution < 1.29 is 5.11 Å². The van der Waals surface area contributed by atoms with Gasteiger partial charge < -0.3 is 15.7 Å². The highest BCUT2D eigenvalue weighted by Crippen LogP contribution is 2.38. The lowest BCUT2D eigenvalue weighted by Crippen LogP contribution is -2.38. The van der Waals surface area contributed by atoms with Crippen LogP contribution in [-0.2, 0) is 0 Å². The third kappa shape index (κ3) is 3.56. The number of benzene rings is 1. The summed E-state index contributed by atoms with van der Waals surface area (Å²) in [5, 5.41) is 28.9. The first-order valence-corrected chi connectivity index (χ1v) is 9.11. The maximum atomic E-state index is 10.6. The van der Waals surface area contributed by atoms with Crippen LogP contribution in [0.15, 0.2) is 29.6 Å². The Bertz CT molecular complexity index is 877. The molecule has 1 aliphatic heterocycles. The van der Waals surface area contributed by atoms with Crippen LogP contribution in [0.3, 0.4) is 0 Å². The highest BCUT2D eigenvalue weighted by atomic mass is 35.5. The van der Waals surface area contributed by atoms with E-state index in [4.69, 9.17) is 0 Å². The molecule has 1 aliphatic rings. The Balaban J connectivity index is 0.00000182. The smallest absolute Gasteiger partial charge is 0.149 e. The molecule has 1 aromatic carbocycles. The Morgan fingerprint density at radius 2 is 2.16 bits per heavy atom. The molecule has 3 aromatic rings. The number of phenols is 1. The Morgan fingerprint density at radius 1 is 1.28 bits per heavy atom. The molecule has 25 heavy (non-hydrogen) atoms. The zero-order valence-electron chi connectivity index (χ0n) is 14.0. The van der Waals surface area contributed by atoms with Crippen molar-refractivity contribution in [1.29, 1.82) is 0 Å². The summed E-state index contributed by atoms with van der Waals surface area (Å²) in [4.78, 5) is 0. The van der Waals surface area contributed by atoms with Crippen molar-refractivity contribution in [2.75, 3.05) is 18.4 Å². The van der Waals surface area contributed by atoms with Gasteiger partial charge in [-0.25, -0.2) is 0 Å². The predicted molar refractivity (Wildman–Crippen MR) is 106 cm³/mol. The van der Waals surface area contributed by atoms with E-state index in [2.05, 4.69) is 20.8 Å². The maximum absolute atomic E-state index is 10.6. The third-order valence-electron chi connectivity index (χ3n) is 4.50. The van der Waals surface area contributed by atoms with Gasteiger partial charge in [0.25, 0.3) is 0 Å². The summed E-state index contributed by atoms with van der Waals surface area (Å²) in [6.45, 7) is 4.05. The third-order valence-corrected chi connectivity index (χ3v) is 5.38. The van der Waals surface area contributed by atoms with E-state index in [1.807, 2.05) is 36.6 Å². The number of fused-ring (bicyclic) bond motifs is 1. The van der Waals surface area contributed by atoms with Gasteiger partial charge in [0.2, 0.25) is 0 Å². The molecule has 1 atom stereocenters. The van der Waals surface area contributed by atoms with Crippen LogP contribution < -0.4 is 10.6 Å². The Labute approximate surface area is 156 Å². The first-order chi connectivity index (χ1) is 11.7. The van der Waals surface area contributed by atoms with Crippen LogP contribution in [0.5, 0.6) is 5.75 Å². The maximum Gasteiger partial charge on any atom is 0.149 e. The van der Waals surface area contributed by atoms with Crippen LogP contribution in [0.4, 0.5) is 5.82 Å². The number of halogens is 1. The predicted octanol–water partition coefficient (Wildman–Crippen LogP) is 3.96. The van der Waals surface area contributed by atoms with Crippen LogP contribution >= 0.6 is 23.7 Å². The number of nitrogens with one attached hydrogen (secondary N) is 2. The van der Waals surface area contributed by atoms with E-state index in [0.717, 1.165) is 52.2 Å². The molecule has 0 spiro atoms. The Hall–Kier alpha value is -1.89. The Morgan fingerprint density at radius 3 is 2.92 bits per heavy atom.